The highest BCUT2D eigenvalue weighted by molar-refractivity contribution is 5.79. The molecule has 1 amide bonds. The maximum Gasteiger partial charge on any atom is 0.237 e. The number of carbonyl (C=O) groups excluding carboxylic acids is 1. The molecule has 2 heterocycles. The number of likely N-dealkylation sites (tertiary alicyclic amines) is 2. The third-order valence-electron chi connectivity index (χ3n) is 5.55. The molecule has 2 fully saturated rings. The lowest BCUT2D eigenvalue weighted by Crippen LogP contribution is -2.42. The molecule has 0 aliphatic carbocycles. The highest BCUT2D eigenvalue weighted by Gasteiger charge is 2.32. The summed E-state index contributed by atoms with van der Waals surface area (Å²) in [6.45, 7) is 2.67. The van der Waals surface area contributed by atoms with Crippen molar-refractivity contribution in [3.8, 4) is 22.9 Å². The van der Waals surface area contributed by atoms with Gasteiger partial charge in [0.1, 0.15) is 17.9 Å². The molecule has 144 valence electrons. The number of hydrogen-bond acceptors (Lipinski definition) is 4. The molecule has 5 heteroatoms. The van der Waals surface area contributed by atoms with Crippen molar-refractivity contribution in [1.82, 2.24) is 9.80 Å². The summed E-state index contributed by atoms with van der Waals surface area (Å²) in [4.78, 5) is 16.4. The maximum atomic E-state index is 12.5. The molecule has 2 aliphatic rings. The zero-order valence-electron chi connectivity index (χ0n) is 16.0. The van der Waals surface area contributed by atoms with Crippen LogP contribution in [-0.4, -0.2) is 54.0 Å². The Labute approximate surface area is 166 Å². The fraction of sp³-hybridized carbons (Fsp3) is 0.391. The van der Waals surface area contributed by atoms with Gasteiger partial charge in [-0.25, -0.2) is 0 Å². The van der Waals surface area contributed by atoms with Gasteiger partial charge in [0.15, 0.2) is 0 Å². The molecule has 2 saturated heterocycles. The van der Waals surface area contributed by atoms with Crippen LogP contribution in [0.15, 0.2) is 54.6 Å². The van der Waals surface area contributed by atoms with Crippen LogP contribution < -0.4 is 4.74 Å². The van der Waals surface area contributed by atoms with Crippen molar-refractivity contribution < 1.29 is 9.53 Å². The predicted molar refractivity (Wildman–Crippen MR) is 108 cm³/mol. The molecule has 1 unspecified atom stereocenters. The van der Waals surface area contributed by atoms with Gasteiger partial charge in [-0.1, -0.05) is 42.5 Å². The van der Waals surface area contributed by atoms with Crippen molar-refractivity contribution in [2.45, 2.75) is 31.4 Å². The summed E-state index contributed by atoms with van der Waals surface area (Å²) in [5, 5.41) is 9.18. The van der Waals surface area contributed by atoms with Gasteiger partial charge in [0.05, 0.1) is 12.6 Å². The first-order chi connectivity index (χ1) is 13.7. The normalized spacial score (nSPS) is 22.2. The van der Waals surface area contributed by atoms with Crippen LogP contribution in [-0.2, 0) is 4.79 Å². The third kappa shape index (κ3) is 4.18. The average molecular weight is 375 g/mol. The Balaban J connectivity index is 1.33. The second-order valence-corrected chi connectivity index (χ2v) is 7.53. The van der Waals surface area contributed by atoms with Crippen LogP contribution >= 0.6 is 0 Å². The van der Waals surface area contributed by atoms with E-state index in [2.05, 4.69) is 35.2 Å². The number of benzene rings is 2. The predicted octanol–water partition coefficient (Wildman–Crippen LogP) is 3.32. The van der Waals surface area contributed by atoms with E-state index in [0.717, 1.165) is 43.7 Å². The fourth-order valence-corrected chi connectivity index (χ4v) is 4.09. The first kappa shape index (κ1) is 18.5. The van der Waals surface area contributed by atoms with E-state index in [1.54, 1.807) is 4.90 Å². The number of nitriles is 1. The highest BCUT2D eigenvalue weighted by atomic mass is 16.5. The molecule has 2 aromatic carbocycles. The van der Waals surface area contributed by atoms with Crippen LogP contribution in [0.5, 0.6) is 5.75 Å². The summed E-state index contributed by atoms with van der Waals surface area (Å²) in [6, 6.07) is 20.4. The summed E-state index contributed by atoms with van der Waals surface area (Å²) < 4.78 is 6.20. The van der Waals surface area contributed by atoms with Gasteiger partial charge in [-0.05, 0) is 42.5 Å². The zero-order chi connectivity index (χ0) is 19.3. The molecule has 0 saturated carbocycles. The molecule has 4 rings (SSSR count). The quantitative estimate of drug-likeness (QED) is 0.804. The van der Waals surface area contributed by atoms with Gasteiger partial charge in [0.2, 0.25) is 5.91 Å². The van der Waals surface area contributed by atoms with E-state index in [-0.39, 0.29) is 18.1 Å². The average Bonchev–Trinajstić information content (AvgIpc) is 3.38. The SMILES string of the molecule is N#CC1CCCN1C(=O)CN1CC[C@H](Oc2cccc(-c3ccccc3)c2)C1. The smallest absolute Gasteiger partial charge is 0.237 e. The van der Waals surface area contributed by atoms with Crippen LogP contribution in [0.1, 0.15) is 19.3 Å². The molecule has 5 nitrogen and oxygen atoms in total. The van der Waals surface area contributed by atoms with Crippen LogP contribution in [0, 0.1) is 11.3 Å². The topological polar surface area (TPSA) is 56.6 Å². The Bertz CT molecular complexity index is 862. The largest absolute Gasteiger partial charge is 0.489 e. The zero-order valence-corrected chi connectivity index (χ0v) is 16.0. The van der Waals surface area contributed by atoms with E-state index in [4.69, 9.17) is 4.74 Å². The van der Waals surface area contributed by atoms with Crippen LogP contribution in [0.2, 0.25) is 0 Å². The molecule has 0 aromatic heterocycles. The molecule has 2 atom stereocenters. The fourth-order valence-electron chi connectivity index (χ4n) is 4.09. The van der Waals surface area contributed by atoms with Crippen molar-refractivity contribution in [2.24, 2.45) is 0 Å². The summed E-state index contributed by atoms with van der Waals surface area (Å²) in [7, 11) is 0. The van der Waals surface area contributed by atoms with Crippen molar-refractivity contribution in [3.05, 3.63) is 54.6 Å². The lowest BCUT2D eigenvalue weighted by Gasteiger charge is -2.23. The van der Waals surface area contributed by atoms with E-state index in [1.165, 1.54) is 5.56 Å². The number of nitrogens with zero attached hydrogens (tertiary/aromatic N) is 3. The first-order valence-electron chi connectivity index (χ1n) is 9.96. The molecular weight excluding hydrogens is 350 g/mol. The molecule has 0 radical (unpaired) electrons. The van der Waals surface area contributed by atoms with Crippen molar-refractivity contribution in [3.63, 3.8) is 0 Å². The Morgan fingerprint density at radius 2 is 1.89 bits per heavy atom. The maximum absolute atomic E-state index is 12.5. The molecule has 0 spiro atoms. The van der Waals surface area contributed by atoms with E-state index in [9.17, 15) is 10.1 Å². The molecule has 0 bridgehead atoms. The second-order valence-electron chi connectivity index (χ2n) is 7.53. The van der Waals surface area contributed by atoms with E-state index < -0.39 is 0 Å². The number of rotatable bonds is 5. The number of ether oxygens (including phenoxy) is 1. The lowest BCUT2D eigenvalue weighted by molar-refractivity contribution is -0.132. The number of amides is 1. The minimum Gasteiger partial charge on any atom is -0.489 e. The van der Waals surface area contributed by atoms with Crippen molar-refractivity contribution >= 4 is 5.91 Å². The Kier molecular flexibility index (Phi) is 5.59. The molecular formula is C23H25N3O2. The minimum absolute atomic E-state index is 0.0655. The monoisotopic (exact) mass is 375 g/mol. The number of carbonyl (C=O) groups is 1. The van der Waals surface area contributed by atoms with E-state index in [0.29, 0.717) is 13.1 Å². The van der Waals surface area contributed by atoms with Crippen molar-refractivity contribution in [1.29, 1.82) is 5.26 Å². The van der Waals surface area contributed by atoms with Crippen LogP contribution in [0.25, 0.3) is 11.1 Å². The van der Waals surface area contributed by atoms with E-state index in [1.807, 2.05) is 30.3 Å². The minimum atomic E-state index is -0.247. The Morgan fingerprint density at radius 3 is 2.71 bits per heavy atom. The third-order valence-corrected chi connectivity index (χ3v) is 5.55. The van der Waals surface area contributed by atoms with Gasteiger partial charge in [0, 0.05) is 19.6 Å². The lowest BCUT2D eigenvalue weighted by atomic mass is 10.1. The standard InChI is InChI=1S/C23H25N3O2/c24-15-20-9-5-12-26(20)23(27)17-25-13-11-22(16-25)28-21-10-4-8-19(14-21)18-6-2-1-3-7-18/h1-4,6-8,10,14,20,22H,5,9,11-13,16-17H2/t20?,22-/m0/s1. The Morgan fingerprint density at radius 1 is 1.07 bits per heavy atom. The number of hydrogen-bond donors (Lipinski definition) is 0. The van der Waals surface area contributed by atoms with Gasteiger partial charge in [-0.3, -0.25) is 9.69 Å². The molecule has 28 heavy (non-hydrogen) atoms. The van der Waals surface area contributed by atoms with Crippen LogP contribution in [0.4, 0.5) is 0 Å². The van der Waals surface area contributed by atoms with Crippen LogP contribution in [0.3, 0.4) is 0 Å². The molecule has 2 aromatic rings. The van der Waals surface area contributed by atoms with Gasteiger partial charge in [0.25, 0.3) is 0 Å². The molecule has 0 N–H and O–H groups in total. The summed E-state index contributed by atoms with van der Waals surface area (Å²) in [6.07, 6.45) is 2.72. The Hall–Kier alpha value is -2.84. The molecule has 2 aliphatic heterocycles. The van der Waals surface area contributed by atoms with Gasteiger partial charge >= 0.3 is 0 Å². The summed E-state index contributed by atoms with van der Waals surface area (Å²) >= 11 is 0. The summed E-state index contributed by atoms with van der Waals surface area (Å²) in [5.74, 6) is 0.930. The highest BCUT2D eigenvalue weighted by Crippen LogP contribution is 2.26. The summed E-state index contributed by atoms with van der Waals surface area (Å²) in [5.41, 5.74) is 2.31. The van der Waals surface area contributed by atoms with Gasteiger partial charge < -0.3 is 9.64 Å². The van der Waals surface area contributed by atoms with Gasteiger partial charge in [-0.2, -0.15) is 5.26 Å². The van der Waals surface area contributed by atoms with Crippen molar-refractivity contribution in [2.75, 3.05) is 26.2 Å². The van der Waals surface area contributed by atoms with E-state index >= 15 is 0 Å². The first-order valence-corrected chi connectivity index (χ1v) is 9.96. The van der Waals surface area contributed by atoms with Gasteiger partial charge in [-0.15, -0.1) is 0 Å². The second kappa shape index (κ2) is 8.45.